The molecule has 0 spiro atoms. The molecular weight excluding hydrogens is 430 g/mol. The second kappa shape index (κ2) is 9.76. The Kier molecular flexibility index (Phi) is 6.56. The maximum absolute atomic E-state index is 5.69. The maximum Gasteiger partial charge on any atom is 0.212 e. The van der Waals surface area contributed by atoms with E-state index in [0.29, 0.717) is 37.2 Å². The van der Waals surface area contributed by atoms with Gasteiger partial charge in [0.15, 0.2) is 0 Å². The van der Waals surface area contributed by atoms with E-state index in [1.54, 1.807) is 7.11 Å². The first kappa shape index (κ1) is 22.9. The van der Waals surface area contributed by atoms with E-state index in [0.717, 1.165) is 47.8 Å². The summed E-state index contributed by atoms with van der Waals surface area (Å²) in [6, 6.07) is 4.83. The molecule has 182 valence electrons. The Morgan fingerprint density at radius 3 is 2.68 bits per heavy atom. The lowest BCUT2D eigenvalue weighted by atomic mass is 9.90. The number of hydrogen-bond donors (Lipinski definition) is 1. The van der Waals surface area contributed by atoms with Crippen LogP contribution in [0.2, 0.25) is 0 Å². The number of piperidine rings is 1. The Hall–Kier alpha value is -2.91. The Morgan fingerprint density at radius 2 is 1.97 bits per heavy atom. The topological polar surface area (TPSA) is 82.3 Å². The highest BCUT2D eigenvalue weighted by molar-refractivity contribution is 5.70. The second-order valence-electron chi connectivity index (χ2n) is 9.54. The monoisotopic (exact) mass is 465 g/mol. The van der Waals surface area contributed by atoms with Crippen molar-refractivity contribution in [3.8, 4) is 22.8 Å². The van der Waals surface area contributed by atoms with Gasteiger partial charge in [0.05, 0.1) is 37.8 Å². The summed E-state index contributed by atoms with van der Waals surface area (Å²) in [5.74, 6) is 2.18. The largest absolute Gasteiger partial charge is 0.481 e. The van der Waals surface area contributed by atoms with Gasteiger partial charge in [-0.05, 0) is 58.7 Å². The molecule has 2 aliphatic rings. The fourth-order valence-electron chi connectivity index (χ4n) is 5.09. The molecule has 0 unspecified atom stereocenters. The Morgan fingerprint density at radius 1 is 1.15 bits per heavy atom. The van der Waals surface area contributed by atoms with Crippen LogP contribution in [0.4, 0.5) is 5.82 Å². The number of likely N-dealkylation sites (tertiary alicyclic amines) is 1. The van der Waals surface area contributed by atoms with Crippen molar-refractivity contribution in [1.82, 2.24) is 29.4 Å². The van der Waals surface area contributed by atoms with E-state index >= 15 is 0 Å². The molecule has 2 aliphatic heterocycles. The van der Waals surface area contributed by atoms with Gasteiger partial charge in [-0.25, -0.2) is 9.67 Å². The van der Waals surface area contributed by atoms with Crippen molar-refractivity contribution in [2.24, 2.45) is 5.92 Å². The predicted octanol–water partition coefficient (Wildman–Crippen LogP) is 3.76. The van der Waals surface area contributed by atoms with E-state index in [1.807, 2.05) is 29.2 Å². The molecule has 34 heavy (non-hydrogen) atoms. The van der Waals surface area contributed by atoms with Crippen LogP contribution in [-0.4, -0.2) is 69.0 Å². The van der Waals surface area contributed by atoms with Crippen LogP contribution in [0, 0.1) is 5.92 Å². The molecule has 0 aromatic carbocycles. The van der Waals surface area contributed by atoms with E-state index in [4.69, 9.17) is 19.7 Å². The molecule has 0 bridgehead atoms. The summed E-state index contributed by atoms with van der Waals surface area (Å²) in [7, 11) is 1.62. The summed E-state index contributed by atoms with van der Waals surface area (Å²) >= 11 is 0. The molecule has 0 radical (unpaired) electrons. The van der Waals surface area contributed by atoms with Crippen LogP contribution in [0.25, 0.3) is 16.9 Å². The minimum atomic E-state index is 0.346. The van der Waals surface area contributed by atoms with Gasteiger partial charge in [0.1, 0.15) is 18.2 Å². The number of methoxy groups -OCH3 is 1. The van der Waals surface area contributed by atoms with Gasteiger partial charge in [-0.3, -0.25) is 4.68 Å². The lowest BCUT2D eigenvalue weighted by molar-refractivity contribution is 0.124. The van der Waals surface area contributed by atoms with Crippen molar-refractivity contribution in [1.29, 1.82) is 0 Å². The minimum absolute atomic E-state index is 0.346. The number of fused-ring (bicyclic) bond motifs is 1. The quantitative estimate of drug-likeness (QED) is 0.593. The third kappa shape index (κ3) is 4.42. The average Bonchev–Trinajstić information content (AvgIpc) is 3.41. The molecule has 5 rings (SSSR count). The molecule has 9 nitrogen and oxygen atoms in total. The van der Waals surface area contributed by atoms with Crippen molar-refractivity contribution in [3.63, 3.8) is 0 Å². The molecule has 1 N–H and O–H groups in total. The van der Waals surface area contributed by atoms with Gasteiger partial charge < -0.3 is 19.7 Å². The Labute approximate surface area is 201 Å². The smallest absolute Gasteiger partial charge is 0.212 e. The molecule has 5 heterocycles. The first-order valence-corrected chi connectivity index (χ1v) is 12.3. The van der Waals surface area contributed by atoms with E-state index in [9.17, 15) is 0 Å². The molecule has 1 saturated heterocycles. The fourth-order valence-corrected chi connectivity index (χ4v) is 5.09. The van der Waals surface area contributed by atoms with E-state index in [1.165, 1.54) is 12.8 Å². The first-order valence-electron chi connectivity index (χ1n) is 12.3. The molecular formula is C25H35N7O2. The van der Waals surface area contributed by atoms with Gasteiger partial charge in [0, 0.05) is 35.9 Å². The summed E-state index contributed by atoms with van der Waals surface area (Å²) in [6.45, 7) is 10.3. The zero-order valence-electron chi connectivity index (χ0n) is 20.6. The summed E-state index contributed by atoms with van der Waals surface area (Å²) in [4.78, 5) is 6.95. The lowest BCUT2D eigenvalue weighted by Gasteiger charge is -2.37. The Balaban J connectivity index is 1.42. The van der Waals surface area contributed by atoms with Gasteiger partial charge in [-0.2, -0.15) is 10.2 Å². The normalized spacial score (nSPS) is 18.4. The molecule has 9 heteroatoms. The molecule has 0 aliphatic carbocycles. The SMILES string of the molecule is COc1ccc(-c2nn(-c3cnn([C@H](C)C4CCN(C(C)C)CC4)c3)c3c2CCOCN3)cn1. The summed E-state index contributed by atoms with van der Waals surface area (Å²) in [5.41, 5.74) is 3.94. The minimum Gasteiger partial charge on any atom is -0.481 e. The van der Waals surface area contributed by atoms with Gasteiger partial charge in [-0.1, -0.05) is 0 Å². The molecule has 3 aromatic heterocycles. The van der Waals surface area contributed by atoms with Crippen LogP contribution in [0.1, 0.15) is 45.2 Å². The van der Waals surface area contributed by atoms with Crippen LogP contribution in [-0.2, 0) is 11.2 Å². The molecule has 3 aromatic rings. The van der Waals surface area contributed by atoms with Crippen LogP contribution in [0.15, 0.2) is 30.7 Å². The zero-order valence-corrected chi connectivity index (χ0v) is 20.6. The third-order valence-corrected chi connectivity index (χ3v) is 7.28. The zero-order chi connectivity index (χ0) is 23.7. The van der Waals surface area contributed by atoms with Gasteiger partial charge in [-0.15, -0.1) is 0 Å². The number of aromatic nitrogens is 5. The first-order chi connectivity index (χ1) is 16.5. The van der Waals surface area contributed by atoms with Crippen molar-refractivity contribution in [2.45, 2.75) is 52.1 Å². The standard InChI is InChI=1S/C25H35N7O2/c1-17(2)30-10-7-19(8-11-30)18(3)31-15-21(14-28-31)32-25-22(9-12-34-16-27-25)24(29-32)20-5-6-23(33-4)26-13-20/h5-6,13-15,17-19,27H,7-12,16H2,1-4H3/t18-/m1/s1. The number of nitrogens with zero attached hydrogens (tertiary/aromatic N) is 6. The highest BCUT2D eigenvalue weighted by Gasteiger charge is 2.27. The van der Waals surface area contributed by atoms with Gasteiger partial charge in [0.2, 0.25) is 5.88 Å². The number of pyridine rings is 1. The van der Waals surface area contributed by atoms with Gasteiger partial charge in [0.25, 0.3) is 0 Å². The summed E-state index contributed by atoms with van der Waals surface area (Å²) in [5, 5.41) is 13.2. The third-order valence-electron chi connectivity index (χ3n) is 7.28. The number of anilines is 1. The highest BCUT2D eigenvalue weighted by Crippen LogP contribution is 2.34. The molecule has 0 amide bonds. The predicted molar refractivity (Wildman–Crippen MR) is 131 cm³/mol. The average molecular weight is 466 g/mol. The van der Waals surface area contributed by atoms with Crippen LogP contribution >= 0.6 is 0 Å². The fraction of sp³-hybridized carbons (Fsp3) is 0.560. The highest BCUT2D eigenvalue weighted by atomic mass is 16.5. The molecule has 1 atom stereocenters. The van der Waals surface area contributed by atoms with Gasteiger partial charge >= 0.3 is 0 Å². The van der Waals surface area contributed by atoms with E-state index in [-0.39, 0.29) is 0 Å². The molecule has 1 fully saturated rings. The van der Waals surface area contributed by atoms with Crippen LogP contribution < -0.4 is 10.1 Å². The number of rotatable bonds is 6. The van der Waals surface area contributed by atoms with Crippen molar-refractivity contribution in [3.05, 3.63) is 36.3 Å². The number of nitrogens with one attached hydrogen (secondary N) is 1. The van der Waals surface area contributed by atoms with Crippen molar-refractivity contribution in [2.75, 3.05) is 38.9 Å². The van der Waals surface area contributed by atoms with Crippen molar-refractivity contribution < 1.29 is 9.47 Å². The number of ether oxygens (including phenoxy) is 2. The van der Waals surface area contributed by atoms with Crippen LogP contribution in [0.3, 0.4) is 0 Å². The lowest BCUT2D eigenvalue weighted by Crippen LogP contribution is -2.40. The maximum atomic E-state index is 5.69. The van der Waals surface area contributed by atoms with Crippen LogP contribution in [0.5, 0.6) is 5.88 Å². The van der Waals surface area contributed by atoms with E-state index in [2.05, 4.69) is 46.9 Å². The summed E-state index contributed by atoms with van der Waals surface area (Å²) < 4.78 is 15.0. The van der Waals surface area contributed by atoms with Crippen molar-refractivity contribution >= 4 is 5.82 Å². The summed E-state index contributed by atoms with van der Waals surface area (Å²) in [6.07, 6.45) is 9.04. The molecule has 0 saturated carbocycles. The van der Waals surface area contributed by atoms with E-state index < -0.39 is 0 Å². The Bertz CT molecular complexity index is 1100. The second-order valence-corrected chi connectivity index (χ2v) is 9.54. The number of hydrogen-bond acceptors (Lipinski definition) is 7.